The predicted molar refractivity (Wildman–Crippen MR) is 78.9 cm³/mol. The predicted octanol–water partition coefficient (Wildman–Crippen LogP) is -1.69. The summed E-state index contributed by atoms with van der Waals surface area (Å²) in [5.74, 6) is -1.17. The second-order valence-electron chi connectivity index (χ2n) is 5.42. The molecule has 0 aliphatic carbocycles. The average molecular weight is 348 g/mol. The van der Waals surface area contributed by atoms with Crippen LogP contribution >= 0.6 is 0 Å². The highest BCUT2D eigenvalue weighted by atomic mass is 16.5. The molecule has 10 nitrogen and oxygen atoms in total. The Kier molecular flexibility index (Phi) is 3.89. The molecule has 1 aliphatic heterocycles. The van der Waals surface area contributed by atoms with Crippen molar-refractivity contribution < 1.29 is 30.5 Å². The fourth-order valence-electron chi connectivity index (χ4n) is 2.73. The zero-order chi connectivity index (χ0) is 18.3. The van der Waals surface area contributed by atoms with Crippen LogP contribution in [0.25, 0.3) is 0 Å². The van der Waals surface area contributed by atoms with E-state index in [1.54, 1.807) is 0 Å². The van der Waals surface area contributed by atoms with Crippen LogP contribution in [0, 0.1) is 0 Å². The van der Waals surface area contributed by atoms with Gasteiger partial charge >= 0.3 is 0 Å². The lowest BCUT2D eigenvalue weighted by molar-refractivity contribution is 0.0186. The number of phenolic OH excluding ortho intramolecular Hbond substituents is 2. The molecule has 0 aromatic heterocycles. The molecule has 0 bridgehead atoms. The van der Waals surface area contributed by atoms with E-state index in [1.165, 1.54) is 12.1 Å². The van der Waals surface area contributed by atoms with Gasteiger partial charge in [-0.25, -0.2) is 0 Å². The van der Waals surface area contributed by atoms with Gasteiger partial charge in [0.25, 0.3) is 0 Å². The van der Waals surface area contributed by atoms with Gasteiger partial charge in [0.05, 0.1) is 6.10 Å². The van der Waals surface area contributed by atoms with E-state index < -0.39 is 39.5 Å². The fraction of sp³-hybridized carbons (Fsp3) is 0.200. The number of fused-ring (bicyclic) bond motifs is 1. The summed E-state index contributed by atoms with van der Waals surface area (Å²) in [7, 11) is 0. The number of hydrogen-bond acceptors (Lipinski definition) is 10. The van der Waals surface area contributed by atoms with Gasteiger partial charge in [0, 0.05) is 12.0 Å². The van der Waals surface area contributed by atoms with Gasteiger partial charge in [-0.05, 0) is 17.7 Å². The maximum Gasteiger partial charge on any atom is 0.244 e. The van der Waals surface area contributed by atoms with Gasteiger partial charge in [-0.15, -0.1) is 0 Å². The van der Waals surface area contributed by atoms with Crippen molar-refractivity contribution in [2.24, 2.45) is 10.3 Å². The van der Waals surface area contributed by atoms with Crippen LogP contribution in [0.15, 0.2) is 38.1 Å². The van der Waals surface area contributed by atoms with Gasteiger partial charge in [0.2, 0.25) is 10.9 Å². The minimum atomic E-state index is -1.25. The second kappa shape index (κ2) is 5.91. The van der Waals surface area contributed by atoms with Crippen LogP contribution in [0.4, 0.5) is 0 Å². The molecule has 130 valence electrons. The molecule has 25 heavy (non-hydrogen) atoms. The van der Waals surface area contributed by atoms with Crippen LogP contribution in [-0.4, -0.2) is 31.8 Å². The van der Waals surface area contributed by atoms with E-state index in [0.717, 1.165) is 6.07 Å². The highest BCUT2D eigenvalue weighted by Crippen LogP contribution is 2.34. The van der Waals surface area contributed by atoms with E-state index in [9.17, 15) is 24.9 Å². The summed E-state index contributed by atoms with van der Waals surface area (Å²) in [5.41, 5.74) is -1.99. The molecule has 1 heterocycles. The number of ether oxygens (including phenoxy) is 1. The third-order valence-electron chi connectivity index (χ3n) is 3.94. The maximum atomic E-state index is 12.2. The molecule has 2 atom stereocenters. The number of aromatic hydroxyl groups is 2. The summed E-state index contributed by atoms with van der Waals surface area (Å²) in [4.78, 5) is 24.2. The summed E-state index contributed by atoms with van der Waals surface area (Å²) in [5, 5.41) is 51.0. The van der Waals surface area contributed by atoms with Crippen LogP contribution in [-0.2, 0) is 6.42 Å². The number of benzene rings is 2. The summed E-state index contributed by atoms with van der Waals surface area (Å²) in [6.45, 7) is 0. The molecule has 5 N–H and O–H groups in total. The van der Waals surface area contributed by atoms with Crippen molar-refractivity contribution >= 4 is 0 Å². The second-order valence-corrected chi connectivity index (χ2v) is 5.42. The van der Waals surface area contributed by atoms with Crippen LogP contribution in [0.5, 0.6) is 17.2 Å². The minimum absolute atomic E-state index is 0.174. The van der Waals surface area contributed by atoms with Gasteiger partial charge in [-0.3, -0.25) is 9.59 Å². The monoisotopic (exact) mass is 348 g/mol. The van der Waals surface area contributed by atoms with E-state index in [0.29, 0.717) is 0 Å². The molecular formula is C15H12N2O8. The van der Waals surface area contributed by atoms with Crippen LogP contribution in [0.3, 0.4) is 0 Å². The first-order chi connectivity index (χ1) is 11.9. The van der Waals surface area contributed by atoms with Crippen LogP contribution in [0.2, 0.25) is 0 Å². The summed E-state index contributed by atoms with van der Waals surface area (Å²) in [6.07, 6.45) is -2.62. The Morgan fingerprint density at radius 1 is 1.00 bits per heavy atom. The number of rotatable bonds is 1. The van der Waals surface area contributed by atoms with Crippen molar-refractivity contribution in [3.05, 3.63) is 60.5 Å². The van der Waals surface area contributed by atoms with Crippen molar-refractivity contribution in [2.45, 2.75) is 18.6 Å². The first kappa shape index (κ1) is 16.5. The Balaban J connectivity index is 2.22. The molecule has 0 radical (unpaired) electrons. The summed E-state index contributed by atoms with van der Waals surface area (Å²) in [6, 6.07) is 3.70. The lowest BCUT2D eigenvalue weighted by Gasteiger charge is -2.30. The van der Waals surface area contributed by atoms with Crippen molar-refractivity contribution in [1.82, 2.24) is 0 Å². The Labute approximate surface area is 138 Å². The smallest absolute Gasteiger partial charge is 0.244 e. The normalized spacial score (nSPS) is 21.0. The Morgan fingerprint density at radius 3 is 2.28 bits per heavy atom. The molecule has 10 heteroatoms. The van der Waals surface area contributed by atoms with E-state index in [-0.39, 0.29) is 29.0 Å². The maximum absolute atomic E-state index is 12.2. The molecule has 2 aromatic rings. The lowest BCUT2D eigenvalue weighted by Crippen LogP contribution is -2.52. The Morgan fingerprint density at radius 2 is 1.68 bits per heavy atom. The van der Waals surface area contributed by atoms with Crippen LogP contribution < -0.4 is 26.3 Å². The zero-order valence-electron chi connectivity index (χ0n) is 12.4. The Hall–Kier alpha value is -3.40. The number of phenols is 2. The SMILES string of the molecule is O=c1c2c(/c(=N\O)c(=O)/c1=N\O)O[C@H](c1ccc(O)c(O)c1)[C@@H](O)C2. The fourth-order valence-corrected chi connectivity index (χ4v) is 2.73. The highest BCUT2D eigenvalue weighted by Gasteiger charge is 2.34. The molecule has 2 aromatic carbocycles. The Bertz CT molecular complexity index is 1070. The number of nitrogens with zero attached hydrogens (tertiary/aromatic N) is 2. The first-order valence-corrected chi connectivity index (χ1v) is 7.02. The zero-order valence-corrected chi connectivity index (χ0v) is 12.4. The number of aliphatic hydroxyl groups excluding tert-OH is 1. The molecular weight excluding hydrogens is 336 g/mol. The first-order valence-electron chi connectivity index (χ1n) is 7.02. The average Bonchev–Trinajstić information content (AvgIpc) is 2.58. The molecule has 0 unspecified atom stereocenters. The summed E-state index contributed by atoms with van der Waals surface area (Å²) >= 11 is 0. The third-order valence-corrected chi connectivity index (χ3v) is 3.94. The number of aliphatic hydroxyl groups is 1. The van der Waals surface area contributed by atoms with Crippen molar-refractivity contribution in [2.75, 3.05) is 0 Å². The lowest BCUT2D eigenvalue weighted by atomic mass is 9.94. The van der Waals surface area contributed by atoms with Gasteiger partial charge < -0.3 is 30.5 Å². The quantitative estimate of drug-likeness (QED) is 0.231. The molecule has 1 aliphatic rings. The van der Waals surface area contributed by atoms with Gasteiger partial charge in [0.15, 0.2) is 34.1 Å². The van der Waals surface area contributed by atoms with E-state index in [1.807, 2.05) is 0 Å². The molecule has 0 saturated carbocycles. The topological polar surface area (TPSA) is 169 Å². The highest BCUT2D eigenvalue weighted by molar-refractivity contribution is 5.43. The van der Waals surface area contributed by atoms with Crippen molar-refractivity contribution in [3.8, 4) is 17.2 Å². The molecule has 0 amide bonds. The van der Waals surface area contributed by atoms with Crippen molar-refractivity contribution in [3.63, 3.8) is 0 Å². The number of hydrogen-bond donors (Lipinski definition) is 5. The summed E-state index contributed by atoms with van der Waals surface area (Å²) < 4.78 is 5.49. The standard InChI is InChI=1S/C15H12N2O8/c18-7-2-1-5(3-8(7)19)14-9(20)4-6-12(21)10(16-23)13(22)11(17-24)15(6)25-14/h1-3,9,14,18-20,23-24H,4H2/b16-10-,17-11-/t9-,14+/m0/s1. The molecule has 0 fully saturated rings. The molecule has 0 saturated heterocycles. The van der Waals surface area contributed by atoms with E-state index in [2.05, 4.69) is 10.3 Å². The van der Waals surface area contributed by atoms with Gasteiger partial charge in [-0.2, -0.15) is 0 Å². The van der Waals surface area contributed by atoms with Gasteiger partial charge in [0.1, 0.15) is 0 Å². The van der Waals surface area contributed by atoms with E-state index >= 15 is 0 Å². The van der Waals surface area contributed by atoms with Gasteiger partial charge in [-0.1, -0.05) is 16.4 Å². The molecule has 0 spiro atoms. The van der Waals surface area contributed by atoms with E-state index in [4.69, 9.17) is 15.2 Å². The third kappa shape index (κ3) is 2.48. The van der Waals surface area contributed by atoms with Crippen LogP contribution in [0.1, 0.15) is 17.2 Å². The minimum Gasteiger partial charge on any atom is -0.504 e. The van der Waals surface area contributed by atoms with Crippen molar-refractivity contribution in [1.29, 1.82) is 0 Å². The molecule has 3 rings (SSSR count). The largest absolute Gasteiger partial charge is 0.504 e.